The topological polar surface area (TPSA) is 51.1 Å². The van der Waals surface area contributed by atoms with Crippen molar-refractivity contribution < 1.29 is 4.74 Å². The SMILES string of the molecule is CSc1ncc(Br)c(N2CCCC(Oc3cccnc3)C2)n1. The van der Waals surface area contributed by atoms with E-state index in [9.17, 15) is 0 Å². The number of rotatable bonds is 4. The van der Waals surface area contributed by atoms with Gasteiger partial charge in [-0.1, -0.05) is 11.8 Å². The average molecular weight is 381 g/mol. The first kappa shape index (κ1) is 15.6. The number of pyridine rings is 1. The van der Waals surface area contributed by atoms with Gasteiger partial charge in [0, 0.05) is 18.9 Å². The van der Waals surface area contributed by atoms with Crippen molar-refractivity contribution >= 4 is 33.5 Å². The second-order valence-corrected chi connectivity index (χ2v) is 6.67. The first-order chi connectivity index (χ1) is 10.8. The van der Waals surface area contributed by atoms with Crippen LogP contribution in [0.4, 0.5) is 5.82 Å². The fourth-order valence-electron chi connectivity index (χ4n) is 2.50. The lowest BCUT2D eigenvalue weighted by Gasteiger charge is -2.34. The van der Waals surface area contributed by atoms with Crippen LogP contribution in [0.15, 0.2) is 40.4 Å². The molecule has 2 aromatic rings. The first-order valence-electron chi connectivity index (χ1n) is 7.14. The Morgan fingerprint density at radius 3 is 3.09 bits per heavy atom. The molecule has 5 nitrogen and oxygen atoms in total. The normalized spacial score (nSPS) is 18.3. The van der Waals surface area contributed by atoms with E-state index in [1.165, 1.54) is 0 Å². The Bertz CT molecular complexity index is 628. The fourth-order valence-corrected chi connectivity index (χ4v) is 3.28. The highest BCUT2D eigenvalue weighted by atomic mass is 79.9. The van der Waals surface area contributed by atoms with Gasteiger partial charge in [0.1, 0.15) is 17.7 Å². The molecule has 0 saturated carbocycles. The van der Waals surface area contributed by atoms with Gasteiger partial charge in [-0.25, -0.2) is 9.97 Å². The summed E-state index contributed by atoms with van der Waals surface area (Å²) in [4.78, 5) is 15.3. The van der Waals surface area contributed by atoms with E-state index in [0.29, 0.717) is 0 Å². The quantitative estimate of drug-likeness (QED) is 0.598. The van der Waals surface area contributed by atoms with Crippen LogP contribution in [0.3, 0.4) is 0 Å². The van der Waals surface area contributed by atoms with Crippen molar-refractivity contribution in [2.45, 2.75) is 24.1 Å². The van der Waals surface area contributed by atoms with Crippen LogP contribution in [0.25, 0.3) is 0 Å². The fraction of sp³-hybridized carbons (Fsp3) is 0.400. The molecule has 2 aromatic heterocycles. The third kappa shape index (κ3) is 3.70. The molecule has 0 bridgehead atoms. The number of nitrogens with zero attached hydrogens (tertiary/aromatic N) is 4. The second-order valence-electron chi connectivity index (χ2n) is 5.05. The highest BCUT2D eigenvalue weighted by molar-refractivity contribution is 9.10. The zero-order chi connectivity index (χ0) is 15.4. The third-order valence-electron chi connectivity index (χ3n) is 3.50. The van der Waals surface area contributed by atoms with Gasteiger partial charge >= 0.3 is 0 Å². The minimum absolute atomic E-state index is 0.151. The number of hydrogen-bond donors (Lipinski definition) is 0. The largest absolute Gasteiger partial charge is 0.487 e. The van der Waals surface area contributed by atoms with E-state index in [1.54, 1.807) is 24.2 Å². The predicted molar refractivity (Wildman–Crippen MR) is 91.6 cm³/mol. The minimum atomic E-state index is 0.151. The molecule has 7 heteroatoms. The summed E-state index contributed by atoms with van der Waals surface area (Å²) in [5.41, 5.74) is 0. The van der Waals surface area contributed by atoms with Crippen molar-refractivity contribution in [2.75, 3.05) is 24.2 Å². The Labute approximate surface area is 142 Å². The van der Waals surface area contributed by atoms with Gasteiger partial charge in [0.2, 0.25) is 0 Å². The molecule has 1 aliphatic heterocycles. The molecule has 1 aliphatic rings. The van der Waals surface area contributed by atoms with Gasteiger partial charge in [-0.2, -0.15) is 0 Å². The van der Waals surface area contributed by atoms with Gasteiger partial charge in [-0.15, -0.1) is 0 Å². The van der Waals surface area contributed by atoms with Gasteiger partial charge in [0.25, 0.3) is 0 Å². The van der Waals surface area contributed by atoms with E-state index in [1.807, 2.05) is 24.6 Å². The van der Waals surface area contributed by atoms with Gasteiger partial charge in [0.05, 0.1) is 17.2 Å². The molecule has 116 valence electrons. The number of ether oxygens (including phenoxy) is 1. The van der Waals surface area contributed by atoms with Crippen molar-refractivity contribution in [2.24, 2.45) is 0 Å². The second kappa shape index (κ2) is 7.28. The highest BCUT2D eigenvalue weighted by Gasteiger charge is 2.24. The summed E-state index contributed by atoms with van der Waals surface area (Å²) in [6.45, 7) is 1.80. The third-order valence-corrected chi connectivity index (χ3v) is 4.62. The molecule has 1 unspecified atom stereocenters. The number of aromatic nitrogens is 3. The van der Waals surface area contributed by atoms with Crippen LogP contribution in [0.1, 0.15) is 12.8 Å². The number of anilines is 1. The maximum Gasteiger partial charge on any atom is 0.189 e. The lowest BCUT2D eigenvalue weighted by atomic mass is 10.1. The molecular weight excluding hydrogens is 364 g/mol. The molecule has 3 heterocycles. The van der Waals surface area contributed by atoms with Crippen LogP contribution >= 0.6 is 27.7 Å². The van der Waals surface area contributed by atoms with Crippen molar-refractivity contribution in [3.8, 4) is 5.75 Å². The van der Waals surface area contributed by atoms with Crippen molar-refractivity contribution in [1.29, 1.82) is 0 Å². The standard InChI is InChI=1S/C15H17BrN4OS/c1-22-15-18-9-13(16)14(19-15)20-7-3-5-12(10-20)21-11-4-2-6-17-8-11/h2,4,6,8-9,12H,3,5,7,10H2,1H3. The van der Waals surface area contributed by atoms with E-state index >= 15 is 0 Å². The van der Waals surface area contributed by atoms with Crippen LogP contribution in [0, 0.1) is 0 Å². The van der Waals surface area contributed by atoms with E-state index in [-0.39, 0.29) is 6.10 Å². The maximum atomic E-state index is 6.04. The summed E-state index contributed by atoms with van der Waals surface area (Å²) in [5.74, 6) is 1.76. The summed E-state index contributed by atoms with van der Waals surface area (Å²) in [6.07, 6.45) is 9.59. The summed E-state index contributed by atoms with van der Waals surface area (Å²) in [6, 6.07) is 3.83. The minimum Gasteiger partial charge on any atom is -0.487 e. The van der Waals surface area contributed by atoms with Crippen LogP contribution in [0.5, 0.6) is 5.75 Å². The monoisotopic (exact) mass is 380 g/mol. The molecule has 0 aliphatic carbocycles. The smallest absolute Gasteiger partial charge is 0.189 e. The van der Waals surface area contributed by atoms with Crippen molar-refractivity contribution in [1.82, 2.24) is 15.0 Å². The maximum absolute atomic E-state index is 6.04. The number of thioether (sulfide) groups is 1. The van der Waals surface area contributed by atoms with Crippen molar-refractivity contribution in [3.05, 3.63) is 35.2 Å². The van der Waals surface area contributed by atoms with Gasteiger partial charge < -0.3 is 9.64 Å². The molecule has 1 saturated heterocycles. The zero-order valence-electron chi connectivity index (χ0n) is 12.3. The Kier molecular flexibility index (Phi) is 5.15. The Balaban J connectivity index is 1.73. The summed E-state index contributed by atoms with van der Waals surface area (Å²) in [7, 11) is 0. The highest BCUT2D eigenvalue weighted by Crippen LogP contribution is 2.28. The molecular formula is C15H17BrN4OS. The van der Waals surface area contributed by atoms with E-state index < -0.39 is 0 Å². The van der Waals surface area contributed by atoms with Gasteiger partial charge in [-0.05, 0) is 47.2 Å². The molecule has 0 aromatic carbocycles. The molecule has 0 spiro atoms. The van der Waals surface area contributed by atoms with Crippen LogP contribution < -0.4 is 9.64 Å². The van der Waals surface area contributed by atoms with Gasteiger partial charge in [0.15, 0.2) is 5.16 Å². The molecule has 0 radical (unpaired) electrons. The van der Waals surface area contributed by atoms with Crippen LogP contribution in [0.2, 0.25) is 0 Å². The molecule has 1 fully saturated rings. The van der Waals surface area contributed by atoms with Gasteiger partial charge in [-0.3, -0.25) is 4.98 Å². The Morgan fingerprint density at radius 2 is 2.32 bits per heavy atom. The van der Waals surface area contributed by atoms with E-state index in [0.717, 1.165) is 47.1 Å². The molecule has 3 rings (SSSR count). The summed E-state index contributed by atoms with van der Waals surface area (Å²) < 4.78 is 6.96. The summed E-state index contributed by atoms with van der Waals surface area (Å²) in [5, 5.41) is 0.786. The van der Waals surface area contributed by atoms with Crippen LogP contribution in [-0.4, -0.2) is 40.4 Å². The Morgan fingerprint density at radius 1 is 1.41 bits per heavy atom. The molecule has 0 N–H and O–H groups in total. The van der Waals surface area contributed by atoms with Crippen LogP contribution in [-0.2, 0) is 0 Å². The number of piperidine rings is 1. The Hall–Kier alpha value is -1.34. The average Bonchev–Trinajstić information content (AvgIpc) is 2.56. The van der Waals surface area contributed by atoms with E-state index in [2.05, 4.69) is 35.8 Å². The zero-order valence-corrected chi connectivity index (χ0v) is 14.7. The summed E-state index contributed by atoms with van der Waals surface area (Å²) >= 11 is 5.11. The molecule has 22 heavy (non-hydrogen) atoms. The lowest BCUT2D eigenvalue weighted by Crippen LogP contribution is -2.41. The lowest BCUT2D eigenvalue weighted by molar-refractivity contribution is 0.178. The number of hydrogen-bond acceptors (Lipinski definition) is 6. The molecule has 0 amide bonds. The van der Waals surface area contributed by atoms with E-state index in [4.69, 9.17) is 4.74 Å². The van der Waals surface area contributed by atoms with Crippen molar-refractivity contribution in [3.63, 3.8) is 0 Å². The number of halogens is 1. The predicted octanol–water partition coefficient (Wildman–Crippen LogP) is 3.40. The molecule has 1 atom stereocenters. The first-order valence-corrected chi connectivity index (χ1v) is 9.16.